The van der Waals surface area contributed by atoms with Gasteiger partial charge in [-0.3, -0.25) is 0 Å². The third-order valence-corrected chi connectivity index (χ3v) is 6.65. The largest absolute Gasteiger partial charge is 0.206 e. The number of hydrogen-bond donors (Lipinski definition) is 0. The lowest BCUT2D eigenvalue weighted by Gasteiger charge is -2.06. The lowest BCUT2D eigenvalue weighted by atomic mass is 10.0. The van der Waals surface area contributed by atoms with Gasteiger partial charge in [0.05, 0.1) is 0 Å². The van der Waals surface area contributed by atoms with Crippen molar-refractivity contribution in [3.63, 3.8) is 0 Å². The monoisotopic (exact) mass is 462 g/mol. The van der Waals surface area contributed by atoms with Crippen molar-refractivity contribution in [3.8, 4) is 11.8 Å². The molecule has 4 aromatic carbocycles. The van der Waals surface area contributed by atoms with Crippen LogP contribution in [-0.2, 0) is 25.7 Å². The molecule has 0 nitrogen and oxygen atoms in total. The molecule has 0 spiro atoms. The molecule has 4 aromatic rings. The summed E-state index contributed by atoms with van der Waals surface area (Å²) in [5, 5.41) is 1.58. The molecular formula is C34H35F. The minimum absolute atomic E-state index is 0.0950. The van der Waals surface area contributed by atoms with Crippen LogP contribution in [0.25, 0.3) is 10.8 Å². The molecule has 35 heavy (non-hydrogen) atoms. The van der Waals surface area contributed by atoms with E-state index in [2.05, 4.69) is 74.2 Å². The Bertz CT molecular complexity index is 1300. The highest BCUT2D eigenvalue weighted by molar-refractivity contribution is 5.85. The predicted molar refractivity (Wildman–Crippen MR) is 147 cm³/mol. The van der Waals surface area contributed by atoms with Gasteiger partial charge in [0, 0.05) is 16.5 Å². The molecule has 0 unspecified atom stereocenters. The van der Waals surface area contributed by atoms with Crippen LogP contribution in [0.2, 0.25) is 0 Å². The number of benzene rings is 4. The molecule has 1 heteroatoms. The Hall–Kier alpha value is -3.37. The molecule has 0 aromatic heterocycles. The molecular weight excluding hydrogens is 427 g/mol. The van der Waals surface area contributed by atoms with Gasteiger partial charge in [0.25, 0.3) is 0 Å². The number of aryl methyl sites for hydroxylation is 4. The maximum absolute atomic E-state index is 14.7. The normalized spacial score (nSPS) is 10.8. The lowest BCUT2D eigenvalue weighted by molar-refractivity contribution is 0.619. The maximum Gasteiger partial charge on any atom is 0.134 e. The average Bonchev–Trinajstić information content (AvgIpc) is 2.89. The topological polar surface area (TPSA) is 0 Å². The van der Waals surface area contributed by atoms with E-state index in [4.69, 9.17) is 0 Å². The Labute approximate surface area is 210 Å². The first kappa shape index (κ1) is 24.7. The van der Waals surface area contributed by atoms with E-state index in [1.807, 2.05) is 30.3 Å². The molecule has 0 saturated carbocycles. The minimum Gasteiger partial charge on any atom is -0.206 e. The summed E-state index contributed by atoms with van der Waals surface area (Å²) >= 11 is 0. The zero-order valence-corrected chi connectivity index (χ0v) is 21.0. The fourth-order valence-electron chi connectivity index (χ4n) is 4.52. The molecule has 178 valence electrons. The van der Waals surface area contributed by atoms with Crippen LogP contribution in [0.4, 0.5) is 4.39 Å². The van der Waals surface area contributed by atoms with E-state index < -0.39 is 0 Å². The second kappa shape index (κ2) is 12.4. The fraction of sp³-hybridized carbons (Fsp3) is 0.294. The van der Waals surface area contributed by atoms with Crippen molar-refractivity contribution in [1.29, 1.82) is 0 Å². The van der Waals surface area contributed by atoms with Crippen LogP contribution in [-0.4, -0.2) is 0 Å². The van der Waals surface area contributed by atoms with Crippen molar-refractivity contribution in [2.45, 2.75) is 65.2 Å². The number of halogens is 1. The first-order valence-corrected chi connectivity index (χ1v) is 13.1. The summed E-state index contributed by atoms with van der Waals surface area (Å²) in [4.78, 5) is 0. The summed E-state index contributed by atoms with van der Waals surface area (Å²) in [7, 11) is 0. The molecule has 0 aliphatic carbocycles. The highest BCUT2D eigenvalue weighted by Gasteiger charge is 2.07. The van der Waals surface area contributed by atoms with Crippen molar-refractivity contribution < 1.29 is 4.39 Å². The zero-order valence-electron chi connectivity index (χ0n) is 21.0. The van der Waals surface area contributed by atoms with Gasteiger partial charge >= 0.3 is 0 Å². The van der Waals surface area contributed by atoms with Gasteiger partial charge < -0.3 is 0 Å². The standard InChI is InChI=1S/C34H35F/c1-3-5-6-8-26-9-11-27(12-10-26)13-14-28-15-17-29(18-16-28)19-20-30-21-24-33-32(25-30)23-22-31(7-4-2)34(33)35/h9-12,15-18,21-25H,3-8,13-14H2,1-2H3. The van der Waals surface area contributed by atoms with Crippen LogP contribution >= 0.6 is 0 Å². The van der Waals surface area contributed by atoms with E-state index in [0.29, 0.717) is 5.39 Å². The van der Waals surface area contributed by atoms with E-state index in [-0.39, 0.29) is 5.82 Å². The van der Waals surface area contributed by atoms with Crippen molar-refractivity contribution in [3.05, 3.63) is 118 Å². The van der Waals surface area contributed by atoms with Crippen molar-refractivity contribution in [2.75, 3.05) is 0 Å². The molecule has 0 atom stereocenters. The van der Waals surface area contributed by atoms with Crippen LogP contribution < -0.4 is 0 Å². The average molecular weight is 463 g/mol. The van der Waals surface area contributed by atoms with Gasteiger partial charge in [-0.15, -0.1) is 0 Å². The first-order valence-electron chi connectivity index (χ1n) is 13.1. The van der Waals surface area contributed by atoms with E-state index in [9.17, 15) is 4.39 Å². The molecule has 0 heterocycles. The first-order chi connectivity index (χ1) is 17.2. The summed E-state index contributed by atoms with van der Waals surface area (Å²) in [6, 6.07) is 27.3. The van der Waals surface area contributed by atoms with E-state index in [1.165, 1.54) is 42.4 Å². The zero-order chi connectivity index (χ0) is 24.5. The van der Waals surface area contributed by atoms with Gasteiger partial charge in [-0.2, -0.15) is 0 Å². The third kappa shape index (κ3) is 6.83. The van der Waals surface area contributed by atoms with Gasteiger partial charge in [-0.25, -0.2) is 4.39 Å². The number of unbranched alkanes of at least 4 members (excludes halogenated alkanes) is 2. The Morgan fingerprint density at radius 3 is 1.83 bits per heavy atom. The van der Waals surface area contributed by atoms with Crippen LogP contribution in [0.5, 0.6) is 0 Å². The van der Waals surface area contributed by atoms with Gasteiger partial charge in [-0.05, 0) is 84.0 Å². The molecule has 0 N–H and O–H groups in total. The number of rotatable bonds is 9. The van der Waals surface area contributed by atoms with Crippen molar-refractivity contribution in [2.24, 2.45) is 0 Å². The quantitative estimate of drug-likeness (QED) is 0.172. The van der Waals surface area contributed by atoms with Crippen LogP contribution in [0.15, 0.2) is 78.9 Å². The molecule has 0 bridgehead atoms. The second-order valence-electron chi connectivity index (χ2n) is 9.45. The van der Waals surface area contributed by atoms with Gasteiger partial charge in [0.15, 0.2) is 0 Å². The molecule has 0 aliphatic heterocycles. The smallest absolute Gasteiger partial charge is 0.134 e. The number of hydrogen-bond acceptors (Lipinski definition) is 0. The van der Waals surface area contributed by atoms with Crippen molar-refractivity contribution >= 4 is 10.8 Å². The second-order valence-corrected chi connectivity index (χ2v) is 9.45. The summed E-state index contributed by atoms with van der Waals surface area (Å²) in [6.45, 7) is 4.32. The molecule has 0 amide bonds. The third-order valence-electron chi connectivity index (χ3n) is 6.65. The number of fused-ring (bicyclic) bond motifs is 1. The molecule has 0 saturated heterocycles. The molecule has 0 radical (unpaired) electrons. The van der Waals surface area contributed by atoms with Crippen molar-refractivity contribution in [1.82, 2.24) is 0 Å². The Kier molecular flexibility index (Phi) is 8.74. The summed E-state index contributed by atoms with van der Waals surface area (Å²) < 4.78 is 14.7. The van der Waals surface area contributed by atoms with E-state index in [0.717, 1.165) is 47.8 Å². The van der Waals surface area contributed by atoms with Gasteiger partial charge in [0.1, 0.15) is 5.82 Å². The van der Waals surface area contributed by atoms with Gasteiger partial charge in [0.2, 0.25) is 0 Å². The molecule has 0 aliphatic rings. The summed E-state index contributed by atoms with van der Waals surface area (Å²) in [5.41, 5.74) is 6.85. The maximum atomic E-state index is 14.7. The Balaban J connectivity index is 1.35. The minimum atomic E-state index is -0.0950. The van der Waals surface area contributed by atoms with Gasteiger partial charge in [-0.1, -0.05) is 99.5 Å². The highest BCUT2D eigenvalue weighted by Crippen LogP contribution is 2.23. The molecule has 0 fully saturated rings. The Morgan fingerprint density at radius 2 is 1.17 bits per heavy atom. The van der Waals surface area contributed by atoms with Crippen LogP contribution in [0.1, 0.15) is 72.9 Å². The predicted octanol–water partition coefficient (Wildman–Crippen LogP) is 8.85. The van der Waals surface area contributed by atoms with Crippen LogP contribution in [0.3, 0.4) is 0 Å². The van der Waals surface area contributed by atoms with E-state index >= 15 is 0 Å². The fourth-order valence-corrected chi connectivity index (χ4v) is 4.52. The summed E-state index contributed by atoms with van der Waals surface area (Å²) in [5.74, 6) is 6.40. The Morgan fingerprint density at radius 1 is 0.571 bits per heavy atom. The van der Waals surface area contributed by atoms with Crippen LogP contribution in [0, 0.1) is 17.7 Å². The SMILES string of the molecule is CCCCCc1ccc(CCc2ccc(C#Cc3ccc4c(F)c(CCC)ccc4c3)cc2)cc1. The highest BCUT2D eigenvalue weighted by atomic mass is 19.1. The summed E-state index contributed by atoms with van der Waals surface area (Å²) in [6.07, 6.45) is 8.84. The van der Waals surface area contributed by atoms with E-state index in [1.54, 1.807) is 0 Å². The lowest BCUT2D eigenvalue weighted by Crippen LogP contribution is -1.93. The molecule has 4 rings (SSSR count).